The third-order valence-corrected chi connectivity index (χ3v) is 6.16. The first-order valence-electron chi connectivity index (χ1n) is 12.0. The average molecular weight is 538 g/mol. The number of aromatic amines is 1. The summed E-state index contributed by atoms with van der Waals surface area (Å²) in [4.78, 5) is 27.2. The number of halogens is 3. The normalized spacial score (nSPS) is 19.0. The predicted octanol–water partition coefficient (Wildman–Crippen LogP) is 2.44. The molecule has 1 aliphatic heterocycles. The maximum Gasteiger partial charge on any atom is 0.411 e. The number of ether oxygens (including phenoxy) is 2. The minimum absolute atomic E-state index is 0.0848. The van der Waals surface area contributed by atoms with E-state index in [9.17, 15) is 23.1 Å². The van der Waals surface area contributed by atoms with Crippen molar-refractivity contribution >= 4 is 11.6 Å². The number of likely N-dealkylation sites (tertiary alicyclic amines) is 1. The number of rotatable bonds is 10. The minimum Gasteiger partial charge on any atom is -0.490 e. The molecule has 11 nitrogen and oxygen atoms in total. The van der Waals surface area contributed by atoms with E-state index in [0.29, 0.717) is 48.0 Å². The van der Waals surface area contributed by atoms with Crippen molar-refractivity contribution in [2.45, 2.75) is 37.6 Å². The van der Waals surface area contributed by atoms with Gasteiger partial charge in [-0.15, -0.1) is 0 Å². The van der Waals surface area contributed by atoms with E-state index in [4.69, 9.17) is 9.47 Å². The lowest BCUT2D eigenvalue weighted by Crippen LogP contribution is -2.28. The zero-order valence-corrected chi connectivity index (χ0v) is 21.2. The topological polar surface area (TPSA) is 130 Å². The molecule has 206 valence electrons. The summed E-state index contributed by atoms with van der Waals surface area (Å²) in [5.41, 5.74) is 0.634. The Kier molecular flexibility index (Phi) is 8.33. The molecular weight excluding hydrogens is 507 g/mol. The molecule has 2 unspecified atom stereocenters. The van der Waals surface area contributed by atoms with Gasteiger partial charge in [0.1, 0.15) is 29.6 Å². The standard InChI is InChI=1S/C24H30F3N7O4/c1-14(5-7-35)38-18-8-21(31-20-4-6-28-22(32-20)16-10-30-34(3)23(16)36)29-9-15(18)17-11-33(2)12-19(17)37-13-24(25,26)27/h4,6,8-10,14,17,19,30,35H,5,7,11-13H2,1-3H3,(H,28,29,31,32)/t14-,17?,19?/m0/s1. The quantitative estimate of drug-likeness (QED) is 0.357. The molecule has 0 aromatic carbocycles. The Labute approximate surface area is 216 Å². The number of pyridine rings is 1. The van der Waals surface area contributed by atoms with Gasteiger partial charge in [0.05, 0.1) is 12.2 Å². The average Bonchev–Trinajstić information content (AvgIpc) is 3.39. The van der Waals surface area contributed by atoms with Crippen molar-refractivity contribution in [1.29, 1.82) is 0 Å². The molecule has 1 saturated heterocycles. The largest absolute Gasteiger partial charge is 0.490 e. The van der Waals surface area contributed by atoms with Gasteiger partial charge < -0.3 is 29.9 Å². The lowest BCUT2D eigenvalue weighted by Gasteiger charge is -2.24. The second-order valence-corrected chi connectivity index (χ2v) is 9.28. The molecule has 0 radical (unpaired) electrons. The molecule has 1 fully saturated rings. The maximum atomic E-state index is 12.9. The molecule has 0 saturated carbocycles. The second kappa shape index (κ2) is 11.5. The number of hydrogen-bond acceptors (Lipinski definition) is 9. The number of anilines is 2. The van der Waals surface area contributed by atoms with Crippen LogP contribution in [0.4, 0.5) is 24.8 Å². The second-order valence-electron chi connectivity index (χ2n) is 9.28. The number of aliphatic hydroxyl groups is 1. The molecule has 4 rings (SSSR count). The fourth-order valence-electron chi connectivity index (χ4n) is 4.30. The highest BCUT2D eigenvalue weighted by molar-refractivity contribution is 5.59. The highest BCUT2D eigenvalue weighted by Crippen LogP contribution is 2.37. The van der Waals surface area contributed by atoms with Crippen LogP contribution in [-0.4, -0.2) is 86.5 Å². The van der Waals surface area contributed by atoms with Gasteiger partial charge in [0.15, 0.2) is 5.82 Å². The Bertz CT molecular complexity index is 1300. The first-order valence-corrected chi connectivity index (χ1v) is 12.0. The van der Waals surface area contributed by atoms with Gasteiger partial charge in [-0.05, 0) is 20.0 Å². The van der Waals surface area contributed by atoms with E-state index >= 15 is 0 Å². The smallest absolute Gasteiger partial charge is 0.411 e. The summed E-state index contributed by atoms with van der Waals surface area (Å²) in [7, 11) is 3.40. The molecule has 14 heteroatoms. The van der Waals surface area contributed by atoms with E-state index in [1.54, 1.807) is 32.3 Å². The van der Waals surface area contributed by atoms with Crippen molar-refractivity contribution in [2.75, 3.05) is 38.7 Å². The van der Waals surface area contributed by atoms with Crippen LogP contribution in [0.15, 0.2) is 35.5 Å². The molecule has 3 aromatic rings. The molecule has 0 bridgehead atoms. The number of aromatic nitrogens is 5. The van der Waals surface area contributed by atoms with Crippen LogP contribution in [0.3, 0.4) is 0 Å². The molecule has 0 amide bonds. The van der Waals surface area contributed by atoms with E-state index < -0.39 is 24.8 Å². The van der Waals surface area contributed by atoms with Crippen LogP contribution in [0.25, 0.3) is 11.4 Å². The van der Waals surface area contributed by atoms with Crippen molar-refractivity contribution in [3.63, 3.8) is 0 Å². The minimum atomic E-state index is -4.44. The summed E-state index contributed by atoms with van der Waals surface area (Å²) in [5, 5.41) is 15.2. The van der Waals surface area contributed by atoms with Gasteiger partial charge in [-0.2, -0.15) is 13.2 Å². The number of aryl methyl sites for hydroxylation is 1. The third kappa shape index (κ3) is 6.68. The summed E-state index contributed by atoms with van der Waals surface area (Å²) in [5.74, 6) is 0.972. The molecular formula is C24H30F3N7O4. The number of hydrogen-bond donors (Lipinski definition) is 3. The van der Waals surface area contributed by atoms with E-state index in [1.807, 2.05) is 11.9 Å². The predicted molar refractivity (Wildman–Crippen MR) is 132 cm³/mol. The number of nitrogens with zero attached hydrogens (tertiary/aromatic N) is 5. The lowest BCUT2D eigenvalue weighted by atomic mass is 9.96. The van der Waals surface area contributed by atoms with Crippen molar-refractivity contribution in [3.8, 4) is 17.1 Å². The van der Waals surface area contributed by atoms with Crippen molar-refractivity contribution < 1.29 is 27.8 Å². The monoisotopic (exact) mass is 537 g/mol. The fourth-order valence-corrected chi connectivity index (χ4v) is 4.30. The fraction of sp³-hybridized carbons (Fsp3) is 0.500. The number of nitrogens with one attached hydrogen (secondary N) is 2. The van der Waals surface area contributed by atoms with Gasteiger partial charge in [0.2, 0.25) is 0 Å². The van der Waals surface area contributed by atoms with Crippen LogP contribution >= 0.6 is 0 Å². The Morgan fingerprint density at radius 3 is 2.74 bits per heavy atom. The molecule has 1 aliphatic rings. The summed E-state index contributed by atoms with van der Waals surface area (Å²) in [6, 6.07) is 3.25. The molecule has 3 atom stereocenters. The van der Waals surface area contributed by atoms with Crippen molar-refractivity contribution in [2.24, 2.45) is 7.05 Å². The van der Waals surface area contributed by atoms with E-state index in [0.717, 1.165) is 0 Å². The lowest BCUT2D eigenvalue weighted by molar-refractivity contribution is -0.185. The molecule has 3 aromatic heterocycles. The van der Waals surface area contributed by atoms with E-state index in [2.05, 4.69) is 25.4 Å². The number of aliphatic hydroxyl groups excluding tert-OH is 1. The number of H-pyrrole nitrogens is 1. The van der Waals surface area contributed by atoms with Gasteiger partial charge >= 0.3 is 6.18 Å². The molecule has 0 spiro atoms. The van der Waals surface area contributed by atoms with Crippen LogP contribution in [0, 0.1) is 0 Å². The first-order chi connectivity index (χ1) is 18.0. The van der Waals surface area contributed by atoms with Gasteiger partial charge in [-0.25, -0.2) is 15.0 Å². The Morgan fingerprint density at radius 1 is 1.26 bits per heavy atom. The van der Waals surface area contributed by atoms with E-state index in [-0.39, 0.29) is 24.1 Å². The highest BCUT2D eigenvalue weighted by Gasteiger charge is 2.38. The Hall–Kier alpha value is -3.49. The van der Waals surface area contributed by atoms with Crippen LogP contribution in [0.2, 0.25) is 0 Å². The van der Waals surface area contributed by atoms with Crippen LogP contribution in [0.5, 0.6) is 5.75 Å². The van der Waals surface area contributed by atoms with Gasteiger partial charge in [-0.3, -0.25) is 9.48 Å². The molecule has 0 aliphatic carbocycles. The summed E-state index contributed by atoms with van der Waals surface area (Å²) in [6.07, 6.45) is -0.565. The number of alkyl halides is 3. The van der Waals surface area contributed by atoms with Crippen molar-refractivity contribution in [3.05, 3.63) is 46.6 Å². The highest BCUT2D eigenvalue weighted by atomic mass is 19.4. The van der Waals surface area contributed by atoms with Crippen LogP contribution in [-0.2, 0) is 11.8 Å². The Balaban J connectivity index is 1.62. The maximum absolute atomic E-state index is 12.9. The zero-order valence-electron chi connectivity index (χ0n) is 21.2. The molecule has 38 heavy (non-hydrogen) atoms. The van der Waals surface area contributed by atoms with Crippen LogP contribution < -0.4 is 15.6 Å². The third-order valence-electron chi connectivity index (χ3n) is 6.16. The Morgan fingerprint density at radius 2 is 2.05 bits per heavy atom. The first kappa shape index (κ1) is 27.5. The SMILES string of the molecule is C[C@@H](CCO)Oc1cc(Nc2ccnc(-c3c[nH]n(C)c3=O)n2)ncc1C1CN(C)CC1OCC(F)(F)F. The van der Waals surface area contributed by atoms with Crippen molar-refractivity contribution in [1.82, 2.24) is 29.6 Å². The number of likely N-dealkylation sites (N-methyl/N-ethyl adjacent to an activating group) is 1. The molecule has 4 heterocycles. The van der Waals surface area contributed by atoms with Gasteiger partial charge in [0.25, 0.3) is 5.56 Å². The summed E-state index contributed by atoms with van der Waals surface area (Å²) >= 11 is 0. The van der Waals surface area contributed by atoms with Crippen LogP contribution in [0.1, 0.15) is 24.8 Å². The molecule has 3 N–H and O–H groups in total. The van der Waals surface area contributed by atoms with Gasteiger partial charge in [-0.1, -0.05) is 0 Å². The van der Waals surface area contributed by atoms with E-state index in [1.165, 1.54) is 17.1 Å². The summed E-state index contributed by atoms with van der Waals surface area (Å²) < 4.78 is 51.2. The van der Waals surface area contributed by atoms with Gasteiger partial charge in [0, 0.05) is 69.3 Å². The summed E-state index contributed by atoms with van der Waals surface area (Å²) in [6.45, 7) is 1.16. The zero-order chi connectivity index (χ0) is 27.4.